The quantitative estimate of drug-likeness (QED) is 0.0883. The number of rotatable bonds is 17. The van der Waals surface area contributed by atoms with Gasteiger partial charge in [0, 0.05) is 19.5 Å². The lowest BCUT2D eigenvalue weighted by atomic mass is 9.98. The monoisotopic (exact) mass is 690 g/mol. The maximum atomic E-state index is 14.1. The van der Waals surface area contributed by atoms with Crippen LogP contribution in [0, 0.1) is 11.8 Å². The van der Waals surface area contributed by atoms with Gasteiger partial charge in [0.05, 0.1) is 5.92 Å². The van der Waals surface area contributed by atoms with Crippen molar-refractivity contribution in [3.8, 4) is 11.1 Å². The third-order valence-electron chi connectivity index (χ3n) is 8.47. The summed E-state index contributed by atoms with van der Waals surface area (Å²) in [5.74, 6) is -1.23. The summed E-state index contributed by atoms with van der Waals surface area (Å²) in [5, 5.41) is 2.99. The van der Waals surface area contributed by atoms with Gasteiger partial charge in [0.15, 0.2) is 0 Å². The van der Waals surface area contributed by atoms with E-state index in [4.69, 9.17) is 9.47 Å². The molecule has 51 heavy (non-hydrogen) atoms. The van der Waals surface area contributed by atoms with E-state index in [0.29, 0.717) is 13.0 Å². The zero-order chi connectivity index (χ0) is 36.6. The first-order chi connectivity index (χ1) is 24.5. The zero-order valence-corrected chi connectivity index (χ0v) is 30.8. The molecule has 0 aliphatic carbocycles. The lowest BCUT2D eigenvalue weighted by Crippen LogP contribution is -2.52. The van der Waals surface area contributed by atoms with Crippen LogP contribution < -0.4 is 5.32 Å². The van der Waals surface area contributed by atoms with Crippen molar-refractivity contribution in [2.75, 3.05) is 13.1 Å². The highest BCUT2D eigenvalue weighted by atomic mass is 16.6. The number of ether oxygens (including phenoxy) is 2. The molecule has 0 fully saturated rings. The number of carbonyl (C=O) groups is 3. The topological polar surface area (TPSA) is 84.9 Å². The number of amides is 2. The molecule has 0 bridgehead atoms. The van der Waals surface area contributed by atoms with Crippen LogP contribution >= 0.6 is 0 Å². The van der Waals surface area contributed by atoms with E-state index in [9.17, 15) is 14.4 Å². The van der Waals surface area contributed by atoms with Crippen molar-refractivity contribution in [3.63, 3.8) is 0 Å². The molecule has 0 radical (unpaired) electrons. The summed E-state index contributed by atoms with van der Waals surface area (Å²) in [6.07, 6.45) is 3.47. The molecular formula is C44H54N2O5. The summed E-state index contributed by atoms with van der Waals surface area (Å²) in [4.78, 5) is 42.9. The van der Waals surface area contributed by atoms with Gasteiger partial charge in [0.25, 0.3) is 0 Å². The predicted molar refractivity (Wildman–Crippen MR) is 204 cm³/mol. The Balaban J connectivity index is 1.51. The molecule has 7 heteroatoms. The van der Waals surface area contributed by atoms with Crippen molar-refractivity contribution < 1.29 is 23.9 Å². The molecule has 0 aliphatic rings. The van der Waals surface area contributed by atoms with Gasteiger partial charge in [-0.1, -0.05) is 136 Å². The lowest BCUT2D eigenvalue weighted by Gasteiger charge is -2.31. The lowest BCUT2D eigenvalue weighted by molar-refractivity contribution is -0.160. The summed E-state index contributed by atoms with van der Waals surface area (Å²) in [6, 6.07) is 36.5. The Morgan fingerprint density at radius 3 is 1.82 bits per heavy atom. The molecule has 1 unspecified atom stereocenters. The minimum absolute atomic E-state index is 0.0956. The Morgan fingerprint density at radius 2 is 1.24 bits per heavy atom. The first kappa shape index (κ1) is 38.9. The van der Waals surface area contributed by atoms with Crippen molar-refractivity contribution in [1.82, 2.24) is 10.2 Å². The molecular weight excluding hydrogens is 636 g/mol. The molecule has 0 aromatic heterocycles. The Morgan fingerprint density at radius 1 is 0.667 bits per heavy atom. The maximum absolute atomic E-state index is 14.1. The molecule has 4 aromatic carbocycles. The normalized spacial score (nSPS) is 12.5. The van der Waals surface area contributed by atoms with Gasteiger partial charge in [-0.15, -0.1) is 0 Å². The Kier molecular flexibility index (Phi) is 14.8. The van der Waals surface area contributed by atoms with E-state index in [-0.39, 0.29) is 31.5 Å². The predicted octanol–water partition coefficient (Wildman–Crippen LogP) is 9.05. The van der Waals surface area contributed by atoms with Gasteiger partial charge in [-0.25, -0.2) is 9.59 Å². The molecule has 2 atom stereocenters. The van der Waals surface area contributed by atoms with Gasteiger partial charge >= 0.3 is 18.0 Å². The van der Waals surface area contributed by atoms with Crippen LogP contribution in [0.15, 0.2) is 115 Å². The molecule has 0 saturated carbocycles. The van der Waals surface area contributed by atoms with Crippen LogP contribution in [0.3, 0.4) is 0 Å². The summed E-state index contributed by atoms with van der Waals surface area (Å²) in [7, 11) is 0. The standard InChI is InChI=1S/C44H54N2O5/c1-33(2)30-46(31-39(41(47)51-44(3,4)5)24-16-15-19-34-17-9-6-10-18-34)43(49)45-40(42(48)50-32-36-20-11-7-12-21-36)29-35-25-27-38(28-26-35)37-22-13-8-14-23-37/h6-14,17-18,20-23,25-28,33,39-40H,15-16,19,24,29-32H2,1-5H3,(H,45,49)/t39?,40-/m0/s1. The highest BCUT2D eigenvalue weighted by molar-refractivity contribution is 5.84. The van der Waals surface area contributed by atoms with Crippen molar-refractivity contribution in [1.29, 1.82) is 0 Å². The molecule has 0 aliphatic heterocycles. The van der Waals surface area contributed by atoms with E-state index in [1.807, 2.05) is 126 Å². The van der Waals surface area contributed by atoms with Gasteiger partial charge < -0.3 is 19.7 Å². The van der Waals surface area contributed by atoms with Gasteiger partial charge in [0.1, 0.15) is 18.2 Å². The first-order valence-electron chi connectivity index (χ1n) is 18.1. The third kappa shape index (κ3) is 13.7. The fourth-order valence-corrected chi connectivity index (χ4v) is 5.94. The van der Waals surface area contributed by atoms with Crippen LogP contribution in [-0.4, -0.2) is 47.6 Å². The molecule has 1 N–H and O–H groups in total. The number of aryl methyl sites for hydroxylation is 1. The van der Waals surface area contributed by atoms with E-state index >= 15 is 0 Å². The second kappa shape index (κ2) is 19.5. The maximum Gasteiger partial charge on any atom is 0.329 e. The molecule has 0 saturated heterocycles. The highest BCUT2D eigenvalue weighted by Gasteiger charge is 2.31. The molecule has 0 spiro atoms. The van der Waals surface area contributed by atoms with Gasteiger partial charge in [-0.2, -0.15) is 0 Å². The largest absolute Gasteiger partial charge is 0.460 e. The van der Waals surface area contributed by atoms with Crippen LogP contribution in [0.1, 0.15) is 70.6 Å². The average Bonchev–Trinajstić information content (AvgIpc) is 3.11. The van der Waals surface area contributed by atoms with Gasteiger partial charge in [0.2, 0.25) is 0 Å². The number of carbonyl (C=O) groups excluding carboxylic acids is 3. The second-order valence-corrected chi connectivity index (χ2v) is 14.6. The molecule has 0 heterocycles. The second-order valence-electron chi connectivity index (χ2n) is 14.6. The average molecular weight is 691 g/mol. The van der Waals surface area contributed by atoms with Crippen LogP contribution in [0.5, 0.6) is 0 Å². The first-order valence-corrected chi connectivity index (χ1v) is 18.1. The van der Waals surface area contributed by atoms with Crippen LogP contribution in [-0.2, 0) is 38.5 Å². The van der Waals surface area contributed by atoms with Crippen LogP contribution in [0.4, 0.5) is 4.79 Å². The molecule has 2 amide bonds. The van der Waals surface area contributed by atoms with E-state index < -0.39 is 29.6 Å². The minimum atomic E-state index is -0.940. The van der Waals surface area contributed by atoms with Gasteiger partial charge in [-0.3, -0.25) is 4.79 Å². The van der Waals surface area contributed by atoms with Crippen molar-refractivity contribution in [3.05, 3.63) is 132 Å². The van der Waals surface area contributed by atoms with Crippen molar-refractivity contribution in [2.24, 2.45) is 11.8 Å². The summed E-state index contributed by atoms with van der Waals surface area (Å²) in [5.41, 5.74) is 4.50. The van der Waals surface area contributed by atoms with Crippen molar-refractivity contribution in [2.45, 2.75) is 85.0 Å². The third-order valence-corrected chi connectivity index (χ3v) is 8.47. The van der Waals surface area contributed by atoms with E-state index in [2.05, 4.69) is 29.6 Å². The SMILES string of the molecule is CC(C)CN(CC(CCCCc1ccccc1)C(=O)OC(C)(C)C)C(=O)N[C@@H](Cc1ccc(-c2ccccc2)cc1)C(=O)OCc1ccccc1. The van der Waals surface area contributed by atoms with E-state index in [1.165, 1.54) is 5.56 Å². The zero-order valence-electron chi connectivity index (χ0n) is 30.8. The molecule has 7 nitrogen and oxygen atoms in total. The number of hydrogen-bond donors (Lipinski definition) is 1. The van der Waals surface area contributed by atoms with Crippen LogP contribution in [0.2, 0.25) is 0 Å². The van der Waals surface area contributed by atoms with E-state index in [1.54, 1.807) is 4.90 Å². The summed E-state index contributed by atoms with van der Waals surface area (Å²) < 4.78 is 11.6. The van der Waals surface area contributed by atoms with Gasteiger partial charge in [-0.05, 0) is 73.8 Å². The minimum Gasteiger partial charge on any atom is -0.460 e. The van der Waals surface area contributed by atoms with Crippen molar-refractivity contribution >= 4 is 18.0 Å². The Hall–Kier alpha value is -4.91. The number of nitrogens with one attached hydrogen (secondary N) is 1. The smallest absolute Gasteiger partial charge is 0.329 e. The number of nitrogens with zero attached hydrogens (tertiary/aromatic N) is 1. The number of hydrogen-bond acceptors (Lipinski definition) is 5. The summed E-state index contributed by atoms with van der Waals surface area (Å²) in [6.45, 7) is 10.3. The Labute approximate surface area is 304 Å². The Bertz CT molecular complexity index is 1630. The highest BCUT2D eigenvalue weighted by Crippen LogP contribution is 2.22. The number of urea groups is 1. The summed E-state index contributed by atoms with van der Waals surface area (Å²) >= 11 is 0. The molecule has 270 valence electrons. The molecule has 4 aromatic rings. The fourth-order valence-electron chi connectivity index (χ4n) is 5.94. The number of unbranched alkanes of at least 4 members (excludes halogenated alkanes) is 1. The number of esters is 2. The van der Waals surface area contributed by atoms with E-state index in [0.717, 1.165) is 41.5 Å². The fraction of sp³-hybridized carbons (Fsp3) is 0.386. The van der Waals surface area contributed by atoms with Crippen LogP contribution in [0.25, 0.3) is 11.1 Å². The number of benzene rings is 4. The molecule has 4 rings (SSSR count).